The topological polar surface area (TPSA) is 41.1 Å². The van der Waals surface area contributed by atoms with E-state index in [2.05, 4.69) is 10.6 Å². The van der Waals surface area contributed by atoms with Gasteiger partial charge in [0.15, 0.2) is 11.6 Å². The monoisotopic (exact) mass is 350 g/mol. The van der Waals surface area contributed by atoms with Crippen molar-refractivity contribution in [2.75, 3.05) is 13.1 Å². The molecule has 0 radical (unpaired) electrons. The minimum absolute atomic E-state index is 0.0792. The number of carbonyl (C=O) groups is 1. The van der Waals surface area contributed by atoms with Crippen LogP contribution in [0.25, 0.3) is 0 Å². The number of hydrogen-bond donors (Lipinski definition) is 2. The van der Waals surface area contributed by atoms with Gasteiger partial charge in [0, 0.05) is 29.1 Å². The summed E-state index contributed by atoms with van der Waals surface area (Å²) in [5.74, 6) is -2.05. The Morgan fingerprint density at radius 3 is 2.75 bits per heavy atom. The Morgan fingerprint density at radius 1 is 1.17 bits per heavy atom. The van der Waals surface area contributed by atoms with Crippen LogP contribution in [-0.2, 0) is 0 Å². The average molecular weight is 351 g/mol. The van der Waals surface area contributed by atoms with E-state index in [1.807, 2.05) is 0 Å². The zero-order chi connectivity index (χ0) is 17.1. The number of piperidine rings is 1. The molecule has 2 aromatic carbocycles. The normalized spacial score (nSPS) is 20.6. The molecule has 2 N–H and O–H groups in total. The summed E-state index contributed by atoms with van der Waals surface area (Å²) in [5, 5.41) is 6.68. The van der Waals surface area contributed by atoms with Crippen molar-refractivity contribution in [3.05, 3.63) is 70.2 Å². The lowest BCUT2D eigenvalue weighted by Crippen LogP contribution is -2.50. The highest BCUT2D eigenvalue weighted by molar-refractivity contribution is 6.30. The van der Waals surface area contributed by atoms with Crippen LogP contribution in [0.3, 0.4) is 0 Å². The molecular formula is C18H17ClF2N2O. The first-order chi connectivity index (χ1) is 11.5. The molecule has 2 unspecified atom stereocenters. The van der Waals surface area contributed by atoms with Gasteiger partial charge in [0.05, 0.1) is 0 Å². The molecule has 2 atom stereocenters. The summed E-state index contributed by atoms with van der Waals surface area (Å²) in [5.41, 5.74) is 1.16. The summed E-state index contributed by atoms with van der Waals surface area (Å²) in [6.07, 6.45) is 0.728. The molecule has 1 aliphatic heterocycles. The highest BCUT2D eigenvalue weighted by Gasteiger charge is 2.28. The molecule has 2 aromatic rings. The van der Waals surface area contributed by atoms with Gasteiger partial charge in [0.25, 0.3) is 5.91 Å². The summed E-state index contributed by atoms with van der Waals surface area (Å²) < 4.78 is 26.7. The van der Waals surface area contributed by atoms with Crippen molar-refractivity contribution in [3.63, 3.8) is 0 Å². The molecule has 1 fully saturated rings. The molecule has 0 aliphatic carbocycles. The molecule has 1 aliphatic rings. The van der Waals surface area contributed by atoms with Crippen molar-refractivity contribution in [3.8, 4) is 0 Å². The van der Waals surface area contributed by atoms with Crippen molar-refractivity contribution >= 4 is 17.5 Å². The van der Waals surface area contributed by atoms with Crippen LogP contribution in [0.4, 0.5) is 8.78 Å². The van der Waals surface area contributed by atoms with Gasteiger partial charge in [0.1, 0.15) is 0 Å². The third-order valence-corrected chi connectivity index (χ3v) is 4.49. The van der Waals surface area contributed by atoms with E-state index in [4.69, 9.17) is 11.6 Å². The molecule has 3 rings (SSSR count). The lowest BCUT2D eigenvalue weighted by Gasteiger charge is -2.33. The van der Waals surface area contributed by atoms with Crippen molar-refractivity contribution in [2.24, 2.45) is 0 Å². The molecule has 1 saturated heterocycles. The van der Waals surface area contributed by atoms with E-state index < -0.39 is 11.6 Å². The van der Waals surface area contributed by atoms with Gasteiger partial charge in [-0.05, 0) is 48.9 Å². The Balaban J connectivity index is 1.79. The molecule has 1 amide bonds. The molecular weight excluding hydrogens is 334 g/mol. The van der Waals surface area contributed by atoms with Gasteiger partial charge in [-0.15, -0.1) is 0 Å². The van der Waals surface area contributed by atoms with E-state index >= 15 is 0 Å². The van der Waals surface area contributed by atoms with E-state index in [9.17, 15) is 13.6 Å². The number of hydrogen-bond acceptors (Lipinski definition) is 2. The van der Waals surface area contributed by atoms with Gasteiger partial charge >= 0.3 is 0 Å². The number of rotatable bonds is 3. The van der Waals surface area contributed by atoms with Crippen LogP contribution in [0.1, 0.15) is 28.3 Å². The summed E-state index contributed by atoms with van der Waals surface area (Å²) in [6, 6.07) is 10.4. The highest BCUT2D eigenvalue weighted by Crippen LogP contribution is 2.27. The summed E-state index contributed by atoms with van der Waals surface area (Å²) >= 11 is 5.92. The second-order valence-electron chi connectivity index (χ2n) is 5.86. The van der Waals surface area contributed by atoms with Crippen LogP contribution in [0, 0.1) is 11.6 Å². The van der Waals surface area contributed by atoms with Gasteiger partial charge in [-0.1, -0.05) is 23.7 Å². The summed E-state index contributed by atoms with van der Waals surface area (Å²) in [7, 11) is 0. The fraction of sp³-hybridized carbons (Fsp3) is 0.278. The third-order valence-electron chi connectivity index (χ3n) is 4.26. The first kappa shape index (κ1) is 16.9. The smallest absolute Gasteiger partial charge is 0.251 e. The molecule has 1 heterocycles. The maximum absolute atomic E-state index is 13.5. The summed E-state index contributed by atoms with van der Waals surface area (Å²) in [6.45, 7) is 1.32. The van der Waals surface area contributed by atoms with Gasteiger partial charge in [-0.25, -0.2) is 8.78 Å². The van der Waals surface area contributed by atoms with Crippen molar-refractivity contribution in [2.45, 2.75) is 18.4 Å². The lowest BCUT2D eigenvalue weighted by molar-refractivity contribution is 0.0924. The van der Waals surface area contributed by atoms with Crippen molar-refractivity contribution in [1.29, 1.82) is 0 Å². The van der Waals surface area contributed by atoms with Crippen LogP contribution in [-0.4, -0.2) is 25.0 Å². The molecule has 0 aromatic heterocycles. The number of halogens is 3. The van der Waals surface area contributed by atoms with E-state index in [1.165, 1.54) is 6.07 Å². The van der Waals surface area contributed by atoms with Gasteiger partial charge in [-0.2, -0.15) is 0 Å². The van der Waals surface area contributed by atoms with E-state index in [1.54, 1.807) is 30.3 Å². The van der Waals surface area contributed by atoms with Crippen molar-refractivity contribution < 1.29 is 13.6 Å². The van der Waals surface area contributed by atoms with Crippen LogP contribution in [0.5, 0.6) is 0 Å². The average Bonchev–Trinajstić information content (AvgIpc) is 2.58. The molecule has 126 valence electrons. The number of amides is 1. The van der Waals surface area contributed by atoms with Crippen LogP contribution >= 0.6 is 11.6 Å². The molecule has 3 nitrogen and oxygen atoms in total. The zero-order valence-corrected chi connectivity index (χ0v) is 13.6. The Labute approximate surface area is 144 Å². The fourth-order valence-electron chi connectivity index (χ4n) is 3.03. The maximum Gasteiger partial charge on any atom is 0.251 e. The fourth-order valence-corrected chi connectivity index (χ4v) is 3.22. The van der Waals surface area contributed by atoms with Gasteiger partial charge in [0.2, 0.25) is 0 Å². The predicted molar refractivity (Wildman–Crippen MR) is 89.3 cm³/mol. The molecule has 6 heteroatoms. The van der Waals surface area contributed by atoms with E-state index in [0.29, 0.717) is 22.7 Å². The number of nitrogens with one attached hydrogen (secondary N) is 2. The van der Waals surface area contributed by atoms with E-state index in [-0.39, 0.29) is 17.9 Å². The molecule has 0 bridgehead atoms. The minimum atomic E-state index is -0.869. The Morgan fingerprint density at radius 2 is 2.00 bits per heavy atom. The highest BCUT2D eigenvalue weighted by atomic mass is 35.5. The molecule has 0 saturated carbocycles. The van der Waals surface area contributed by atoms with Gasteiger partial charge < -0.3 is 10.6 Å². The number of benzene rings is 2. The second kappa shape index (κ2) is 7.28. The Bertz CT molecular complexity index is 754. The second-order valence-corrected chi connectivity index (χ2v) is 6.30. The SMILES string of the molecule is O=C(NC1CNCCC1c1ccc(F)c(F)c1)c1cccc(Cl)c1. The molecule has 24 heavy (non-hydrogen) atoms. The van der Waals surface area contributed by atoms with Crippen molar-refractivity contribution in [1.82, 2.24) is 10.6 Å². The van der Waals surface area contributed by atoms with E-state index in [0.717, 1.165) is 19.0 Å². The summed E-state index contributed by atoms with van der Waals surface area (Å²) in [4.78, 5) is 12.4. The Hall–Kier alpha value is -1.98. The minimum Gasteiger partial charge on any atom is -0.347 e. The van der Waals surface area contributed by atoms with Crippen LogP contribution < -0.4 is 10.6 Å². The Kier molecular flexibility index (Phi) is 5.11. The maximum atomic E-state index is 13.5. The first-order valence-corrected chi connectivity index (χ1v) is 8.14. The lowest BCUT2D eigenvalue weighted by atomic mass is 9.85. The molecule has 0 spiro atoms. The number of carbonyl (C=O) groups excluding carboxylic acids is 1. The van der Waals surface area contributed by atoms with Crippen LogP contribution in [0.15, 0.2) is 42.5 Å². The third kappa shape index (κ3) is 3.74. The standard InChI is InChI=1S/C18H17ClF2N2O/c19-13-3-1-2-12(8-13)18(24)23-17-10-22-7-6-14(17)11-4-5-15(20)16(21)9-11/h1-5,8-9,14,17,22H,6-7,10H2,(H,23,24). The van der Waals surface area contributed by atoms with Gasteiger partial charge in [-0.3, -0.25) is 4.79 Å². The first-order valence-electron chi connectivity index (χ1n) is 7.76. The zero-order valence-electron chi connectivity index (χ0n) is 12.9. The quantitative estimate of drug-likeness (QED) is 0.889. The largest absolute Gasteiger partial charge is 0.347 e. The predicted octanol–water partition coefficient (Wildman–Crippen LogP) is 3.49. The van der Waals surface area contributed by atoms with Crippen LogP contribution in [0.2, 0.25) is 5.02 Å².